The molecule has 0 atom stereocenters. The van der Waals surface area contributed by atoms with Crippen LogP contribution in [0.5, 0.6) is 5.75 Å². The third-order valence-corrected chi connectivity index (χ3v) is 7.06. The number of hydrogen-bond donors (Lipinski definition) is 0. The second-order valence-corrected chi connectivity index (χ2v) is 8.49. The molecule has 0 aliphatic heterocycles. The van der Waals surface area contributed by atoms with Gasteiger partial charge in [-0.15, -0.1) is 0 Å². The van der Waals surface area contributed by atoms with Crippen LogP contribution in [0, 0.1) is 29.6 Å². The molecule has 2 aromatic carbocycles. The van der Waals surface area contributed by atoms with Crippen LogP contribution in [0.4, 0.5) is 0 Å². The average molecular weight is 334 g/mol. The summed E-state index contributed by atoms with van der Waals surface area (Å²) in [4.78, 5) is 13.1. The normalized spacial score (nSPS) is 32.9. The van der Waals surface area contributed by atoms with Gasteiger partial charge in [0.2, 0.25) is 0 Å². The minimum absolute atomic E-state index is 0.0405. The number of rotatable bonds is 3. The van der Waals surface area contributed by atoms with Crippen LogP contribution < -0.4 is 4.74 Å². The van der Waals surface area contributed by atoms with Gasteiger partial charge in [0.05, 0.1) is 5.92 Å². The van der Waals surface area contributed by atoms with Gasteiger partial charge < -0.3 is 4.74 Å². The lowest BCUT2D eigenvalue weighted by molar-refractivity contribution is -0.152. The predicted octanol–water partition coefficient (Wildman–Crippen LogP) is 5.38. The van der Waals surface area contributed by atoms with Crippen molar-refractivity contribution in [2.75, 3.05) is 0 Å². The first-order chi connectivity index (χ1) is 12.2. The van der Waals surface area contributed by atoms with Crippen LogP contribution in [0.1, 0.15) is 44.6 Å². The summed E-state index contributed by atoms with van der Waals surface area (Å²) in [7, 11) is 0. The molecule has 0 saturated heterocycles. The molecule has 0 N–H and O–H groups in total. The van der Waals surface area contributed by atoms with Crippen LogP contribution in [0.3, 0.4) is 0 Å². The van der Waals surface area contributed by atoms with E-state index in [1.165, 1.54) is 42.9 Å². The molecule has 4 saturated carbocycles. The van der Waals surface area contributed by atoms with E-state index in [1.807, 2.05) is 6.07 Å². The van der Waals surface area contributed by atoms with Gasteiger partial charge in [-0.05, 0) is 79.0 Å². The Bertz CT molecular complexity index is 794. The van der Waals surface area contributed by atoms with E-state index >= 15 is 0 Å². The number of ether oxygens (including phenoxy) is 1. The Morgan fingerprint density at radius 2 is 1.64 bits per heavy atom. The highest BCUT2D eigenvalue weighted by molar-refractivity contribution is 5.89. The molecule has 2 aromatic rings. The first-order valence-corrected chi connectivity index (χ1v) is 9.95. The number of carbonyl (C=O) groups is 1. The fourth-order valence-corrected chi connectivity index (χ4v) is 6.26. The number of fused-ring (bicyclic) bond motifs is 1. The molecule has 2 nitrogen and oxygen atoms in total. The number of carbonyl (C=O) groups excluding carboxylic acids is 1. The standard InChI is InChI=1S/C23H26O2/c1-2-19-20-6-4-3-5-16(20)7-8-21(19)25-23(24)22-17-10-14-9-15(12-17)13-18(22)11-14/h3-8,14-15,17-18,22H,2,9-13H2,1H3. The minimum Gasteiger partial charge on any atom is -0.426 e. The summed E-state index contributed by atoms with van der Waals surface area (Å²) < 4.78 is 6.03. The summed E-state index contributed by atoms with van der Waals surface area (Å²) in [5.41, 5.74) is 1.16. The molecule has 4 bridgehead atoms. The number of esters is 1. The lowest BCUT2D eigenvalue weighted by Crippen LogP contribution is -2.49. The van der Waals surface area contributed by atoms with Crippen LogP contribution in [-0.2, 0) is 11.2 Å². The molecular weight excluding hydrogens is 308 g/mol. The molecule has 25 heavy (non-hydrogen) atoms. The summed E-state index contributed by atoms with van der Waals surface area (Å²) in [5.74, 6) is 3.89. The third kappa shape index (κ3) is 2.49. The van der Waals surface area contributed by atoms with Gasteiger partial charge in [-0.1, -0.05) is 37.3 Å². The van der Waals surface area contributed by atoms with E-state index in [-0.39, 0.29) is 11.9 Å². The van der Waals surface area contributed by atoms with Crippen LogP contribution >= 0.6 is 0 Å². The molecule has 0 radical (unpaired) electrons. The lowest BCUT2D eigenvalue weighted by atomic mass is 9.52. The Morgan fingerprint density at radius 3 is 2.32 bits per heavy atom. The van der Waals surface area contributed by atoms with E-state index in [0.717, 1.165) is 29.6 Å². The van der Waals surface area contributed by atoms with E-state index < -0.39 is 0 Å². The Labute approximate surface area is 149 Å². The second-order valence-electron chi connectivity index (χ2n) is 8.49. The summed E-state index contributed by atoms with van der Waals surface area (Å²) in [5, 5.41) is 2.43. The van der Waals surface area contributed by atoms with Crippen molar-refractivity contribution >= 4 is 16.7 Å². The van der Waals surface area contributed by atoms with E-state index in [9.17, 15) is 4.79 Å². The van der Waals surface area contributed by atoms with E-state index in [1.54, 1.807) is 0 Å². The van der Waals surface area contributed by atoms with Crippen molar-refractivity contribution < 1.29 is 9.53 Å². The molecule has 0 aromatic heterocycles. The van der Waals surface area contributed by atoms with Gasteiger partial charge in [-0.25, -0.2) is 0 Å². The van der Waals surface area contributed by atoms with E-state index in [0.29, 0.717) is 11.8 Å². The fraction of sp³-hybridized carbons (Fsp3) is 0.522. The minimum atomic E-state index is 0.0405. The highest BCUT2D eigenvalue weighted by Gasteiger charge is 2.51. The van der Waals surface area contributed by atoms with Gasteiger partial charge in [0.1, 0.15) is 5.75 Å². The quantitative estimate of drug-likeness (QED) is 0.556. The van der Waals surface area contributed by atoms with Crippen molar-refractivity contribution in [3.63, 3.8) is 0 Å². The molecule has 130 valence electrons. The lowest BCUT2D eigenvalue weighted by Gasteiger charge is -2.53. The van der Waals surface area contributed by atoms with Crippen molar-refractivity contribution in [3.8, 4) is 5.75 Å². The highest BCUT2D eigenvalue weighted by Crippen LogP contribution is 2.56. The van der Waals surface area contributed by atoms with Crippen LogP contribution in [0.2, 0.25) is 0 Å². The molecule has 4 fully saturated rings. The van der Waals surface area contributed by atoms with Crippen molar-refractivity contribution in [1.29, 1.82) is 0 Å². The summed E-state index contributed by atoms with van der Waals surface area (Å²) in [6.45, 7) is 2.14. The fourth-order valence-electron chi connectivity index (χ4n) is 6.26. The van der Waals surface area contributed by atoms with Crippen LogP contribution in [-0.4, -0.2) is 5.97 Å². The van der Waals surface area contributed by atoms with E-state index in [2.05, 4.69) is 37.3 Å². The van der Waals surface area contributed by atoms with Gasteiger partial charge in [0.25, 0.3) is 0 Å². The SMILES string of the molecule is CCc1c(OC(=O)C2C3CC4CC(C3)CC2C4)ccc2ccccc12. The molecule has 0 amide bonds. The largest absolute Gasteiger partial charge is 0.426 e. The van der Waals surface area contributed by atoms with Gasteiger partial charge in [0, 0.05) is 5.56 Å². The molecule has 4 aliphatic carbocycles. The third-order valence-electron chi connectivity index (χ3n) is 7.06. The van der Waals surface area contributed by atoms with Crippen LogP contribution in [0.25, 0.3) is 10.8 Å². The van der Waals surface area contributed by atoms with Crippen molar-refractivity contribution in [2.24, 2.45) is 29.6 Å². The number of benzene rings is 2. The van der Waals surface area contributed by atoms with Gasteiger partial charge in [-0.3, -0.25) is 4.79 Å². The Morgan fingerprint density at radius 1 is 0.960 bits per heavy atom. The Balaban J connectivity index is 1.44. The number of aryl methyl sites for hydroxylation is 1. The van der Waals surface area contributed by atoms with Crippen molar-refractivity contribution in [3.05, 3.63) is 42.0 Å². The first kappa shape index (κ1) is 15.4. The smallest absolute Gasteiger partial charge is 0.314 e. The second kappa shape index (κ2) is 5.86. The zero-order valence-electron chi connectivity index (χ0n) is 14.9. The topological polar surface area (TPSA) is 26.3 Å². The highest BCUT2D eigenvalue weighted by atomic mass is 16.5. The predicted molar refractivity (Wildman–Crippen MR) is 99.5 cm³/mol. The zero-order valence-corrected chi connectivity index (χ0v) is 14.9. The summed E-state index contributed by atoms with van der Waals surface area (Å²) in [6.07, 6.45) is 7.32. The van der Waals surface area contributed by atoms with Crippen molar-refractivity contribution in [1.82, 2.24) is 0 Å². The molecular formula is C23H26O2. The maximum absolute atomic E-state index is 13.1. The molecule has 6 rings (SSSR count). The molecule has 0 unspecified atom stereocenters. The number of hydrogen-bond acceptors (Lipinski definition) is 2. The average Bonchev–Trinajstić information content (AvgIpc) is 2.60. The van der Waals surface area contributed by atoms with E-state index in [4.69, 9.17) is 4.74 Å². The van der Waals surface area contributed by atoms with Gasteiger partial charge in [0.15, 0.2) is 0 Å². The maximum atomic E-state index is 13.1. The van der Waals surface area contributed by atoms with Gasteiger partial charge >= 0.3 is 5.97 Å². The Hall–Kier alpha value is -1.83. The van der Waals surface area contributed by atoms with Crippen LogP contribution in [0.15, 0.2) is 36.4 Å². The van der Waals surface area contributed by atoms with Gasteiger partial charge in [-0.2, -0.15) is 0 Å². The first-order valence-electron chi connectivity index (χ1n) is 9.95. The monoisotopic (exact) mass is 334 g/mol. The summed E-state index contributed by atoms with van der Waals surface area (Å²) in [6, 6.07) is 12.4. The Kier molecular flexibility index (Phi) is 3.62. The molecule has 0 heterocycles. The van der Waals surface area contributed by atoms with Crippen molar-refractivity contribution in [2.45, 2.75) is 45.4 Å². The maximum Gasteiger partial charge on any atom is 0.314 e. The molecule has 0 spiro atoms. The molecule has 2 heteroatoms. The zero-order chi connectivity index (χ0) is 17.0. The summed E-state index contributed by atoms with van der Waals surface area (Å²) >= 11 is 0. The molecule has 4 aliphatic rings.